The van der Waals surface area contributed by atoms with Crippen LogP contribution in [0.1, 0.15) is 0 Å². The van der Waals surface area contributed by atoms with E-state index in [0.717, 1.165) is 10.9 Å². The highest BCUT2D eigenvalue weighted by Crippen LogP contribution is 2.34. The maximum absolute atomic E-state index is 5.90. The number of hydrogen-bond acceptors (Lipinski definition) is 0. The van der Waals surface area contributed by atoms with Gasteiger partial charge >= 0.3 is 0 Å². The van der Waals surface area contributed by atoms with Crippen molar-refractivity contribution in [1.82, 2.24) is 4.98 Å². The number of nitrogens with one attached hydrogen (secondary N) is 1. The predicted octanol–water partition coefficient (Wildman–Crippen LogP) is 3.93. The van der Waals surface area contributed by atoms with Crippen LogP contribution in [0.3, 0.4) is 0 Å². The molecule has 4 heteroatoms. The minimum absolute atomic E-state index is 0.449. The van der Waals surface area contributed by atoms with E-state index in [2.05, 4.69) is 11.2 Å². The molecule has 61 valence electrons. The second kappa shape index (κ2) is 2.84. The molecule has 1 N–H and O–H groups in total. The van der Waals surface area contributed by atoms with Gasteiger partial charge < -0.3 is 4.98 Å². The molecule has 0 saturated carbocycles. The van der Waals surface area contributed by atoms with Gasteiger partial charge in [-0.2, -0.15) is 0 Å². The summed E-state index contributed by atoms with van der Waals surface area (Å²) in [7, 11) is 0. The Labute approximate surface area is 84.2 Å². The van der Waals surface area contributed by atoms with Crippen molar-refractivity contribution in [3.8, 4) is 0 Å². The Bertz CT molecular complexity index is 433. The molecule has 0 atom stereocenters. The molecular weight excluding hydrogens is 216 g/mol. The Hall–Kier alpha value is -0.370. The lowest BCUT2D eigenvalue weighted by Crippen LogP contribution is -1.74. The summed E-state index contributed by atoms with van der Waals surface area (Å²) in [6, 6.07) is 3.36. The number of halogens is 3. The summed E-state index contributed by atoms with van der Waals surface area (Å²) in [5.41, 5.74) is 0.731. The van der Waals surface area contributed by atoms with Crippen molar-refractivity contribution < 1.29 is 0 Å². The van der Waals surface area contributed by atoms with Gasteiger partial charge in [0.1, 0.15) is 0 Å². The molecule has 0 aliphatic rings. The zero-order valence-corrected chi connectivity index (χ0v) is 8.06. The average Bonchev–Trinajstić information content (AvgIpc) is 2.48. The van der Waals surface area contributed by atoms with Crippen LogP contribution in [0, 0.1) is 6.20 Å². The van der Waals surface area contributed by atoms with Crippen molar-refractivity contribution in [3.63, 3.8) is 0 Å². The van der Waals surface area contributed by atoms with E-state index in [4.69, 9.17) is 34.8 Å². The van der Waals surface area contributed by atoms with Crippen LogP contribution in [-0.4, -0.2) is 4.98 Å². The molecule has 0 aliphatic carbocycles. The summed E-state index contributed by atoms with van der Waals surface area (Å²) in [4.78, 5) is 2.84. The van der Waals surface area contributed by atoms with Crippen LogP contribution in [0.5, 0.6) is 0 Å². The first-order chi connectivity index (χ1) is 5.70. The molecule has 2 aromatic rings. The molecule has 1 aromatic heterocycles. The standard InChI is InChI=1S/C8H3Cl3N/c9-5-3-6(10)7(11)8-4(5)1-2-12-8/h1,3,12H. The highest BCUT2D eigenvalue weighted by Gasteiger charge is 2.08. The van der Waals surface area contributed by atoms with Crippen molar-refractivity contribution in [1.29, 1.82) is 0 Å². The molecule has 0 bridgehead atoms. The van der Waals surface area contributed by atoms with Gasteiger partial charge in [0.25, 0.3) is 0 Å². The highest BCUT2D eigenvalue weighted by molar-refractivity contribution is 6.47. The SMILES string of the molecule is Clc1cc(Cl)c2c[c][nH]c2c1Cl. The van der Waals surface area contributed by atoms with E-state index in [1.165, 1.54) is 0 Å². The van der Waals surface area contributed by atoms with E-state index >= 15 is 0 Å². The average molecular weight is 219 g/mol. The predicted molar refractivity (Wildman–Crippen MR) is 52.2 cm³/mol. The summed E-state index contributed by atoms with van der Waals surface area (Å²) in [5.74, 6) is 0. The quantitative estimate of drug-likeness (QED) is 0.646. The summed E-state index contributed by atoms with van der Waals surface area (Å²) in [5, 5.41) is 2.35. The number of aromatic nitrogens is 1. The first-order valence-corrected chi connectivity index (χ1v) is 4.36. The summed E-state index contributed by atoms with van der Waals surface area (Å²) >= 11 is 17.6. The van der Waals surface area contributed by atoms with Crippen molar-refractivity contribution in [2.45, 2.75) is 0 Å². The Balaban J connectivity index is 2.97. The van der Waals surface area contributed by atoms with E-state index in [1.807, 2.05) is 0 Å². The molecule has 2 rings (SSSR count). The van der Waals surface area contributed by atoms with E-state index in [-0.39, 0.29) is 0 Å². The maximum atomic E-state index is 5.90. The van der Waals surface area contributed by atoms with Gasteiger partial charge in [0, 0.05) is 5.39 Å². The third-order valence-corrected chi connectivity index (χ3v) is 2.72. The molecule has 1 heterocycles. The summed E-state index contributed by atoms with van der Waals surface area (Å²) in [6.45, 7) is 0. The monoisotopic (exact) mass is 218 g/mol. The fourth-order valence-corrected chi connectivity index (χ4v) is 1.77. The lowest BCUT2D eigenvalue weighted by molar-refractivity contribution is 1.46. The molecule has 12 heavy (non-hydrogen) atoms. The smallest absolute Gasteiger partial charge is 0.0834 e. The van der Waals surface area contributed by atoms with Crippen LogP contribution < -0.4 is 0 Å². The fourth-order valence-electron chi connectivity index (χ4n) is 1.05. The van der Waals surface area contributed by atoms with Crippen LogP contribution in [0.2, 0.25) is 15.1 Å². The van der Waals surface area contributed by atoms with Crippen molar-refractivity contribution in [2.75, 3.05) is 0 Å². The van der Waals surface area contributed by atoms with Crippen LogP contribution >= 0.6 is 34.8 Å². The third kappa shape index (κ3) is 1.09. The Kier molecular flexibility index (Phi) is 1.95. The van der Waals surface area contributed by atoms with Gasteiger partial charge in [0.05, 0.1) is 26.8 Å². The van der Waals surface area contributed by atoms with E-state index in [9.17, 15) is 0 Å². The van der Waals surface area contributed by atoms with E-state index < -0.39 is 0 Å². The number of benzene rings is 1. The first-order valence-electron chi connectivity index (χ1n) is 3.22. The van der Waals surface area contributed by atoms with Gasteiger partial charge in [0.15, 0.2) is 0 Å². The van der Waals surface area contributed by atoms with Crippen molar-refractivity contribution >= 4 is 45.7 Å². The zero-order chi connectivity index (χ0) is 8.72. The number of H-pyrrole nitrogens is 1. The highest BCUT2D eigenvalue weighted by atomic mass is 35.5. The van der Waals surface area contributed by atoms with E-state index in [0.29, 0.717) is 15.1 Å². The third-order valence-electron chi connectivity index (χ3n) is 1.62. The minimum atomic E-state index is 0.449. The zero-order valence-electron chi connectivity index (χ0n) is 5.79. The molecule has 1 aromatic carbocycles. The molecule has 0 aliphatic heterocycles. The van der Waals surface area contributed by atoms with Crippen molar-refractivity contribution in [2.24, 2.45) is 0 Å². The summed E-state index contributed by atoms with van der Waals surface area (Å²) < 4.78 is 0. The summed E-state index contributed by atoms with van der Waals surface area (Å²) in [6.07, 6.45) is 2.79. The van der Waals surface area contributed by atoms with Gasteiger partial charge in [-0.1, -0.05) is 34.8 Å². The second-order valence-corrected chi connectivity index (χ2v) is 3.55. The van der Waals surface area contributed by atoms with Gasteiger partial charge in [-0.3, -0.25) is 0 Å². The van der Waals surface area contributed by atoms with Crippen LogP contribution in [-0.2, 0) is 0 Å². The molecule has 0 spiro atoms. The fraction of sp³-hybridized carbons (Fsp3) is 0. The Morgan fingerprint density at radius 2 is 1.92 bits per heavy atom. The normalized spacial score (nSPS) is 10.9. The van der Waals surface area contributed by atoms with E-state index in [1.54, 1.807) is 12.1 Å². The van der Waals surface area contributed by atoms with Crippen LogP contribution in [0.15, 0.2) is 12.1 Å². The lowest BCUT2D eigenvalue weighted by atomic mass is 10.2. The molecule has 1 radical (unpaired) electrons. The Morgan fingerprint density at radius 1 is 1.17 bits per heavy atom. The van der Waals surface area contributed by atoms with Gasteiger partial charge in [-0.05, 0) is 12.1 Å². The van der Waals surface area contributed by atoms with Crippen LogP contribution in [0.25, 0.3) is 10.9 Å². The van der Waals surface area contributed by atoms with Gasteiger partial charge in [-0.15, -0.1) is 0 Å². The molecule has 0 fully saturated rings. The maximum Gasteiger partial charge on any atom is 0.0834 e. The van der Waals surface area contributed by atoms with Gasteiger partial charge in [0.2, 0.25) is 0 Å². The second-order valence-electron chi connectivity index (χ2n) is 2.36. The largest absolute Gasteiger partial charge is 0.352 e. The molecule has 0 unspecified atom stereocenters. The molecule has 0 saturated heterocycles. The number of hydrogen-bond donors (Lipinski definition) is 1. The minimum Gasteiger partial charge on any atom is -0.352 e. The molecular formula is C8H3Cl3N. The molecule has 0 amide bonds. The molecule has 1 nitrogen and oxygen atoms in total. The van der Waals surface area contributed by atoms with Crippen molar-refractivity contribution in [3.05, 3.63) is 33.4 Å². The first kappa shape index (κ1) is 8.24. The van der Waals surface area contributed by atoms with Gasteiger partial charge in [-0.25, -0.2) is 0 Å². The number of rotatable bonds is 0. The topological polar surface area (TPSA) is 15.8 Å². The number of aromatic amines is 1. The Morgan fingerprint density at radius 3 is 2.67 bits per heavy atom. The number of fused-ring (bicyclic) bond motifs is 1. The lowest BCUT2D eigenvalue weighted by Gasteiger charge is -1.99. The van der Waals surface area contributed by atoms with Crippen LogP contribution in [0.4, 0.5) is 0 Å².